The maximum Gasteiger partial charge on any atom is 0.282 e. The highest BCUT2D eigenvalue weighted by Gasteiger charge is 2.27. The molecule has 11 heteroatoms. The van der Waals surface area contributed by atoms with E-state index in [0.29, 0.717) is 24.1 Å². The fraction of sp³-hybridized carbons (Fsp3) is 0.609. The van der Waals surface area contributed by atoms with E-state index in [1.54, 1.807) is 12.1 Å². The van der Waals surface area contributed by atoms with Crippen LogP contribution in [0.1, 0.15) is 21.6 Å². The molecule has 188 valence electrons. The SMILES string of the molecule is Cc1cc2nc(C(=O)NCCN3CCN(C)CC3)c(=O)n(C[C@H](O)[C@H](O)[C@H](O)CO)c2cc1C. The van der Waals surface area contributed by atoms with Crippen LogP contribution in [-0.2, 0) is 6.54 Å². The number of aliphatic hydroxyl groups excluding tert-OH is 4. The minimum absolute atomic E-state index is 0.307. The molecule has 3 rings (SSSR count). The Bertz CT molecular complexity index is 1070. The van der Waals surface area contributed by atoms with Crippen LogP contribution in [0.3, 0.4) is 0 Å². The summed E-state index contributed by atoms with van der Waals surface area (Å²) in [7, 11) is 2.07. The van der Waals surface area contributed by atoms with Crippen molar-refractivity contribution >= 4 is 16.9 Å². The normalized spacial score (nSPS) is 18.1. The summed E-state index contributed by atoms with van der Waals surface area (Å²) in [5.41, 5.74) is 1.58. The van der Waals surface area contributed by atoms with Crippen LogP contribution in [0.4, 0.5) is 0 Å². The van der Waals surface area contributed by atoms with Crippen LogP contribution in [0, 0.1) is 13.8 Å². The van der Waals surface area contributed by atoms with Crippen molar-refractivity contribution in [2.75, 3.05) is 52.9 Å². The molecule has 11 nitrogen and oxygen atoms in total. The molecule has 1 aromatic carbocycles. The molecule has 1 amide bonds. The van der Waals surface area contributed by atoms with Gasteiger partial charge in [0.2, 0.25) is 0 Å². The maximum absolute atomic E-state index is 13.2. The summed E-state index contributed by atoms with van der Waals surface area (Å²) in [6, 6.07) is 3.49. The minimum atomic E-state index is -1.67. The second-order valence-electron chi connectivity index (χ2n) is 9.01. The van der Waals surface area contributed by atoms with E-state index < -0.39 is 36.4 Å². The number of aromatic nitrogens is 2. The first-order chi connectivity index (χ1) is 16.1. The minimum Gasteiger partial charge on any atom is -0.394 e. The van der Waals surface area contributed by atoms with Crippen molar-refractivity contribution in [3.05, 3.63) is 39.3 Å². The number of aryl methyl sites for hydroxylation is 2. The predicted molar refractivity (Wildman–Crippen MR) is 127 cm³/mol. The summed E-state index contributed by atoms with van der Waals surface area (Å²) in [4.78, 5) is 34.9. The molecule has 1 saturated heterocycles. The molecular formula is C23H35N5O6. The zero-order valence-corrected chi connectivity index (χ0v) is 19.9. The molecule has 1 aromatic heterocycles. The smallest absolute Gasteiger partial charge is 0.282 e. The van der Waals surface area contributed by atoms with E-state index in [1.165, 1.54) is 4.57 Å². The molecule has 1 aliphatic heterocycles. The standard InChI is InChI=1S/C23H35N5O6/c1-14-10-16-17(11-15(14)2)28(12-18(30)21(32)19(31)13-29)23(34)20(25-16)22(33)24-4-5-27-8-6-26(3)7-9-27/h10-11,18-19,21,29-32H,4-9,12-13H2,1-3H3,(H,24,33)/t18-,19+,21-/m0/s1. The van der Waals surface area contributed by atoms with Crippen molar-refractivity contribution < 1.29 is 25.2 Å². The fourth-order valence-corrected chi connectivity index (χ4v) is 3.97. The largest absolute Gasteiger partial charge is 0.394 e. The number of hydrogen-bond acceptors (Lipinski definition) is 9. The molecule has 0 aliphatic carbocycles. The molecule has 0 unspecified atom stereocenters. The number of nitrogens with one attached hydrogen (secondary N) is 1. The molecule has 3 atom stereocenters. The number of likely N-dealkylation sites (N-methyl/N-ethyl adjacent to an activating group) is 1. The molecule has 0 saturated carbocycles. The van der Waals surface area contributed by atoms with E-state index in [-0.39, 0.29) is 12.2 Å². The van der Waals surface area contributed by atoms with Gasteiger partial charge in [0.25, 0.3) is 11.5 Å². The number of fused-ring (bicyclic) bond motifs is 1. The van der Waals surface area contributed by atoms with Gasteiger partial charge in [-0.25, -0.2) is 4.98 Å². The molecule has 1 fully saturated rings. The molecule has 0 spiro atoms. The van der Waals surface area contributed by atoms with Crippen molar-refractivity contribution in [2.45, 2.75) is 38.7 Å². The number of piperazine rings is 1. The van der Waals surface area contributed by atoms with Crippen molar-refractivity contribution in [1.82, 2.24) is 24.7 Å². The maximum atomic E-state index is 13.2. The van der Waals surface area contributed by atoms with Crippen LogP contribution in [0.25, 0.3) is 11.0 Å². The highest BCUT2D eigenvalue weighted by Crippen LogP contribution is 2.18. The quantitative estimate of drug-likeness (QED) is 0.278. The highest BCUT2D eigenvalue weighted by molar-refractivity contribution is 5.94. The van der Waals surface area contributed by atoms with E-state index in [2.05, 4.69) is 27.1 Å². The number of nitrogens with zero attached hydrogens (tertiary/aromatic N) is 4. The Hall–Kier alpha value is -2.41. The third kappa shape index (κ3) is 5.98. The van der Waals surface area contributed by atoms with Gasteiger partial charge in [0, 0.05) is 39.3 Å². The highest BCUT2D eigenvalue weighted by atomic mass is 16.4. The van der Waals surface area contributed by atoms with E-state index in [4.69, 9.17) is 5.11 Å². The van der Waals surface area contributed by atoms with Gasteiger partial charge in [-0.15, -0.1) is 0 Å². The molecule has 2 heterocycles. The van der Waals surface area contributed by atoms with Crippen molar-refractivity contribution in [2.24, 2.45) is 0 Å². The third-order valence-corrected chi connectivity index (χ3v) is 6.43. The second kappa shape index (κ2) is 11.3. The third-order valence-electron chi connectivity index (χ3n) is 6.43. The number of aliphatic hydroxyl groups is 4. The van der Waals surface area contributed by atoms with Crippen LogP contribution in [0.2, 0.25) is 0 Å². The van der Waals surface area contributed by atoms with Gasteiger partial charge in [-0.3, -0.25) is 14.5 Å². The van der Waals surface area contributed by atoms with Crippen molar-refractivity contribution in [3.63, 3.8) is 0 Å². The van der Waals surface area contributed by atoms with Crippen molar-refractivity contribution in [3.8, 4) is 0 Å². The number of benzene rings is 1. The first-order valence-corrected chi connectivity index (χ1v) is 11.5. The number of hydrogen-bond donors (Lipinski definition) is 5. The zero-order valence-electron chi connectivity index (χ0n) is 19.9. The molecular weight excluding hydrogens is 442 g/mol. The predicted octanol–water partition coefficient (Wildman–Crippen LogP) is -1.93. The summed E-state index contributed by atoms with van der Waals surface area (Å²) in [6.45, 7) is 7.37. The number of carbonyl (C=O) groups is 1. The Morgan fingerprint density at radius 3 is 2.38 bits per heavy atom. The Kier molecular flexibility index (Phi) is 8.74. The molecule has 2 aromatic rings. The Morgan fingerprint density at radius 2 is 1.74 bits per heavy atom. The monoisotopic (exact) mass is 477 g/mol. The topological polar surface area (TPSA) is 151 Å². The summed E-state index contributed by atoms with van der Waals surface area (Å²) in [5, 5.41) is 42.0. The van der Waals surface area contributed by atoms with Gasteiger partial charge in [-0.2, -0.15) is 0 Å². The van der Waals surface area contributed by atoms with E-state index in [1.807, 2.05) is 13.8 Å². The van der Waals surface area contributed by atoms with E-state index >= 15 is 0 Å². The first-order valence-electron chi connectivity index (χ1n) is 11.5. The summed E-state index contributed by atoms with van der Waals surface area (Å²) in [5.74, 6) is -0.613. The van der Waals surface area contributed by atoms with Gasteiger partial charge in [0.05, 0.1) is 24.2 Å². The lowest BCUT2D eigenvalue weighted by Gasteiger charge is -2.32. The molecule has 34 heavy (non-hydrogen) atoms. The number of rotatable bonds is 9. The van der Waals surface area contributed by atoms with Gasteiger partial charge < -0.3 is 35.2 Å². The molecule has 0 bridgehead atoms. The number of amides is 1. The van der Waals surface area contributed by atoms with Gasteiger partial charge in [0.15, 0.2) is 5.69 Å². The molecule has 1 aliphatic rings. The first kappa shape index (κ1) is 26.2. The van der Waals surface area contributed by atoms with E-state index in [9.17, 15) is 24.9 Å². The van der Waals surface area contributed by atoms with Gasteiger partial charge in [-0.1, -0.05) is 0 Å². The lowest BCUT2D eigenvalue weighted by molar-refractivity contribution is -0.0805. The van der Waals surface area contributed by atoms with E-state index in [0.717, 1.165) is 37.3 Å². The van der Waals surface area contributed by atoms with Gasteiger partial charge >= 0.3 is 0 Å². The van der Waals surface area contributed by atoms with Crippen LogP contribution < -0.4 is 10.9 Å². The Morgan fingerprint density at radius 1 is 1.09 bits per heavy atom. The van der Waals surface area contributed by atoms with Gasteiger partial charge in [0.1, 0.15) is 18.3 Å². The second-order valence-corrected chi connectivity index (χ2v) is 9.01. The molecule has 0 radical (unpaired) electrons. The fourth-order valence-electron chi connectivity index (χ4n) is 3.97. The Labute approximate surface area is 198 Å². The summed E-state index contributed by atoms with van der Waals surface area (Å²) in [6.07, 6.45) is -4.80. The van der Waals surface area contributed by atoms with Crippen LogP contribution >= 0.6 is 0 Å². The average Bonchev–Trinajstić information content (AvgIpc) is 2.82. The Balaban J connectivity index is 1.86. The number of carbonyl (C=O) groups excluding carboxylic acids is 1. The lowest BCUT2D eigenvalue weighted by Crippen LogP contribution is -2.47. The lowest BCUT2D eigenvalue weighted by atomic mass is 10.1. The molecule has 5 N–H and O–H groups in total. The van der Waals surface area contributed by atoms with Crippen LogP contribution in [0.5, 0.6) is 0 Å². The van der Waals surface area contributed by atoms with Gasteiger partial charge in [-0.05, 0) is 44.2 Å². The van der Waals surface area contributed by atoms with Crippen molar-refractivity contribution in [1.29, 1.82) is 0 Å². The zero-order chi connectivity index (χ0) is 25.0. The van der Waals surface area contributed by atoms with Crippen LogP contribution in [0.15, 0.2) is 16.9 Å². The summed E-state index contributed by atoms with van der Waals surface area (Å²) >= 11 is 0. The average molecular weight is 478 g/mol. The van der Waals surface area contributed by atoms with Crippen LogP contribution in [-0.4, -0.2) is 117 Å². The summed E-state index contributed by atoms with van der Waals surface area (Å²) < 4.78 is 1.18.